The summed E-state index contributed by atoms with van der Waals surface area (Å²) in [5.74, 6) is 0.913. The molecule has 94 valence electrons. The van der Waals surface area contributed by atoms with Crippen LogP contribution in [-0.2, 0) is 0 Å². The minimum absolute atomic E-state index is 0.822. The van der Waals surface area contributed by atoms with Crippen molar-refractivity contribution in [1.29, 1.82) is 0 Å². The topological polar surface area (TPSA) is 54.6 Å². The Morgan fingerprint density at radius 1 is 1.26 bits per heavy atom. The molecule has 19 heavy (non-hydrogen) atoms. The highest BCUT2D eigenvalue weighted by Crippen LogP contribution is 2.26. The Kier molecular flexibility index (Phi) is 2.34. The van der Waals surface area contributed by atoms with Crippen molar-refractivity contribution in [3.05, 3.63) is 41.5 Å². The Bertz CT molecular complexity index is 757. The predicted molar refractivity (Wildman–Crippen MR) is 75.7 cm³/mol. The van der Waals surface area contributed by atoms with Gasteiger partial charge in [0.15, 0.2) is 5.65 Å². The number of thiophene rings is 1. The van der Waals surface area contributed by atoms with Crippen molar-refractivity contribution < 1.29 is 0 Å². The number of hydrogen-bond acceptors (Lipinski definition) is 5. The summed E-state index contributed by atoms with van der Waals surface area (Å²) in [4.78, 5) is 10.0. The molecule has 0 unspecified atom stereocenters. The van der Waals surface area contributed by atoms with E-state index in [-0.39, 0.29) is 0 Å². The van der Waals surface area contributed by atoms with Crippen LogP contribution in [-0.4, -0.2) is 33.5 Å². The zero-order chi connectivity index (χ0) is 12.7. The number of pyridine rings is 1. The number of nitrogens with one attached hydrogen (secondary N) is 1. The lowest BCUT2D eigenvalue weighted by atomic mass is 10.2. The first-order valence-electron chi connectivity index (χ1n) is 6.09. The van der Waals surface area contributed by atoms with E-state index in [9.17, 15) is 0 Å². The van der Waals surface area contributed by atoms with E-state index in [0.717, 1.165) is 35.8 Å². The average Bonchev–Trinajstić information content (AvgIpc) is 3.19. The van der Waals surface area contributed by atoms with Crippen LogP contribution in [0.2, 0.25) is 0 Å². The van der Waals surface area contributed by atoms with E-state index in [1.54, 1.807) is 17.7 Å². The van der Waals surface area contributed by atoms with E-state index in [1.807, 2.05) is 10.6 Å². The molecule has 0 aliphatic carbocycles. The van der Waals surface area contributed by atoms with Gasteiger partial charge in [-0.15, -0.1) is 11.3 Å². The van der Waals surface area contributed by atoms with Gasteiger partial charge in [0, 0.05) is 6.54 Å². The molecule has 6 heteroatoms. The van der Waals surface area contributed by atoms with E-state index in [2.05, 4.69) is 44.0 Å². The zero-order valence-electron chi connectivity index (χ0n) is 10.1. The number of hydrogen-bond donors (Lipinski definition) is 1. The first-order chi connectivity index (χ1) is 9.43. The quantitative estimate of drug-likeness (QED) is 0.772. The number of rotatable bonds is 2. The van der Waals surface area contributed by atoms with Crippen LogP contribution in [0.3, 0.4) is 0 Å². The first kappa shape index (κ1) is 10.7. The summed E-state index contributed by atoms with van der Waals surface area (Å²) in [5.41, 5.74) is 2.92. The van der Waals surface area contributed by atoms with Crippen molar-refractivity contribution >= 4 is 22.8 Å². The van der Waals surface area contributed by atoms with Crippen LogP contribution in [0.1, 0.15) is 5.56 Å². The van der Waals surface area contributed by atoms with Gasteiger partial charge in [-0.3, -0.25) is 4.99 Å². The molecule has 3 aromatic rings. The Morgan fingerprint density at radius 3 is 3.05 bits per heavy atom. The molecule has 1 aliphatic rings. The maximum atomic E-state index is 4.46. The van der Waals surface area contributed by atoms with Gasteiger partial charge >= 0.3 is 0 Å². The molecule has 0 spiro atoms. The molecule has 4 rings (SSSR count). The third-order valence-corrected chi connectivity index (χ3v) is 4.02. The van der Waals surface area contributed by atoms with Crippen molar-refractivity contribution in [2.45, 2.75) is 0 Å². The SMILES string of the molecule is c1csc(-c2ccc(C3=NCCN3)c3ncnn23)c1. The first-order valence-corrected chi connectivity index (χ1v) is 6.97. The Labute approximate surface area is 113 Å². The van der Waals surface area contributed by atoms with Crippen LogP contribution in [0.25, 0.3) is 16.2 Å². The summed E-state index contributed by atoms with van der Waals surface area (Å²) in [6.45, 7) is 1.71. The van der Waals surface area contributed by atoms with E-state index < -0.39 is 0 Å². The van der Waals surface area contributed by atoms with Crippen molar-refractivity contribution in [1.82, 2.24) is 19.9 Å². The fraction of sp³-hybridized carbons (Fsp3) is 0.154. The second-order valence-corrected chi connectivity index (χ2v) is 5.21. The molecule has 0 saturated carbocycles. The molecule has 0 aromatic carbocycles. The minimum Gasteiger partial charge on any atom is -0.368 e. The molecule has 0 fully saturated rings. The van der Waals surface area contributed by atoms with Crippen LogP contribution in [0.4, 0.5) is 0 Å². The number of aromatic nitrogens is 3. The van der Waals surface area contributed by atoms with Gasteiger partial charge in [0.2, 0.25) is 0 Å². The van der Waals surface area contributed by atoms with Gasteiger partial charge in [-0.2, -0.15) is 5.10 Å². The lowest BCUT2D eigenvalue weighted by Crippen LogP contribution is -2.20. The summed E-state index contributed by atoms with van der Waals surface area (Å²) in [6.07, 6.45) is 1.59. The molecule has 3 aromatic heterocycles. The van der Waals surface area contributed by atoms with E-state index >= 15 is 0 Å². The third-order valence-electron chi connectivity index (χ3n) is 3.13. The molecule has 1 aliphatic heterocycles. The van der Waals surface area contributed by atoms with Gasteiger partial charge in [0.25, 0.3) is 0 Å². The second-order valence-electron chi connectivity index (χ2n) is 4.26. The number of nitrogens with zero attached hydrogens (tertiary/aromatic N) is 4. The summed E-state index contributed by atoms with van der Waals surface area (Å²) in [6, 6.07) is 8.27. The van der Waals surface area contributed by atoms with Crippen LogP contribution in [0.5, 0.6) is 0 Å². The Balaban J connectivity index is 1.96. The lowest BCUT2D eigenvalue weighted by Gasteiger charge is -2.07. The highest BCUT2D eigenvalue weighted by atomic mass is 32.1. The lowest BCUT2D eigenvalue weighted by molar-refractivity contribution is 0.956. The largest absolute Gasteiger partial charge is 0.368 e. The molecule has 0 amide bonds. The fourth-order valence-electron chi connectivity index (χ4n) is 2.28. The number of aliphatic imine (C=N–C) groups is 1. The highest BCUT2D eigenvalue weighted by Gasteiger charge is 2.16. The van der Waals surface area contributed by atoms with Crippen LogP contribution < -0.4 is 5.32 Å². The fourth-order valence-corrected chi connectivity index (χ4v) is 3.02. The van der Waals surface area contributed by atoms with Gasteiger partial charge < -0.3 is 5.32 Å². The van der Waals surface area contributed by atoms with Gasteiger partial charge in [-0.25, -0.2) is 9.50 Å². The predicted octanol–water partition coefficient (Wildman–Crippen LogP) is 1.81. The average molecular weight is 269 g/mol. The van der Waals surface area contributed by atoms with Crippen LogP contribution >= 0.6 is 11.3 Å². The maximum absolute atomic E-state index is 4.46. The minimum atomic E-state index is 0.822. The molecule has 0 radical (unpaired) electrons. The Hall–Kier alpha value is -2.21. The molecular formula is C13H11N5S. The summed E-state index contributed by atoms with van der Waals surface area (Å²) < 4.78 is 1.88. The van der Waals surface area contributed by atoms with Crippen molar-refractivity contribution in [2.24, 2.45) is 4.99 Å². The summed E-state index contributed by atoms with van der Waals surface area (Å²) >= 11 is 1.70. The normalized spacial score (nSPS) is 14.6. The van der Waals surface area contributed by atoms with Gasteiger partial charge in [-0.1, -0.05) is 6.07 Å². The molecule has 5 nitrogen and oxygen atoms in total. The van der Waals surface area contributed by atoms with Crippen molar-refractivity contribution in [3.63, 3.8) is 0 Å². The van der Waals surface area contributed by atoms with Gasteiger partial charge in [-0.05, 0) is 23.6 Å². The van der Waals surface area contributed by atoms with E-state index in [4.69, 9.17) is 0 Å². The molecule has 4 heterocycles. The van der Waals surface area contributed by atoms with Crippen molar-refractivity contribution in [3.8, 4) is 10.6 Å². The molecule has 1 N–H and O–H groups in total. The standard InChI is InChI=1S/C13H11N5S/c1-2-11(19-7-1)10-4-3-9(12-14-5-6-15-12)13-16-8-17-18(10)13/h1-4,7-8H,5-6H2,(H,14,15). The van der Waals surface area contributed by atoms with Crippen LogP contribution in [0, 0.1) is 0 Å². The summed E-state index contributed by atoms with van der Waals surface area (Å²) in [7, 11) is 0. The second kappa shape index (κ2) is 4.17. The molecule has 0 saturated heterocycles. The number of fused-ring (bicyclic) bond motifs is 1. The Morgan fingerprint density at radius 2 is 2.26 bits per heavy atom. The molecule has 0 atom stereocenters. The van der Waals surface area contributed by atoms with Gasteiger partial charge in [0.05, 0.1) is 22.7 Å². The monoisotopic (exact) mass is 269 g/mol. The molecular weight excluding hydrogens is 258 g/mol. The van der Waals surface area contributed by atoms with Crippen molar-refractivity contribution in [2.75, 3.05) is 13.1 Å². The maximum Gasteiger partial charge on any atom is 0.166 e. The van der Waals surface area contributed by atoms with E-state index in [0.29, 0.717) is 0 Å². The highest BCUT2D eigenvalue weighted by molar-refractivity contribution is 7.13. The zero-order valence-corrected chi connectivity index (χ0v) is 10.9. The smallest absolute Gasteiger partial charge is 0.166 e. The summed E-state index contributed by atoms with van der Waals surface area (Å²) in [5, 5.41) is 9.68. The number of amidine groups is 1. The molecule has 0 bridgehead atoms. The van der Waals surface area contributed by atoms with Crippen LogP contribution in [0.15, 0.2) is 41.0 Å². The van der Waals surface area contributed by atoms with Gasteiger partial charge in [0.1, 0.15) is 12.2 Å². The third kappa shape index (κ3) is 1.64. The van der Waals surface area contributed by atoms with E-state index in [1.165, 1.54) is 4.88 Å².